The molecule has 1 aromatic heterocycles. The van der Waals surface area contributed by atoms with Crippen LogP contribution in [0.25, 0.3) is 22.5 Å². The Labute approximate surface area is 210 Å². The van der Waals surface area contributed by atoms with Crippen LogP contribution in [-0.2, 0) is 0 Å². The Bertz CT molecular complexity index is 1410. The van der Waals surface area contributed by atoms with Crippen LogP contribution < -0.4 is 9.47 Å². The minimum Gasteiger partial charge on any atom is -0.497 e. The number of nitrogens with zero attached hydrogens (tertiary/aromatic N) is 3. The number of carbonyl (C=O) groups excluding carboxylic acids is 1. The van der Waals surface area contributed by atoms with Crippen molar-refractivity contribution in [2.24, 2.45) is 0 Å². The monoisotopic (exact) mass is 509 g/mol. The molecule has 1 fully saturated rings. The van der Waals surface area contributed by atoms with Gasteiger partial charge in [0.05, 0.1) is 18.2 Å². The molecule has 0 spiro atoms. The Balaban J connectivity index is 1.47. The van der Waals surface area contributed by atoms with Crippen molar-refractivity contribution in [2.75, 3.05) is 13.7 Å². The van der Waals surface area contributed by atoms with Crippen LogP contribution in [0.3, 0.4) is 0 Å². The van der Waals surface area contributed by atoms with Gasteiger partial charge in [0.2, 0.25) is 11.7 Å². The third kappa shape index (κ3) is 5.13. The third-order valence-corrected chi connectivity index (χ3v) is 6.14. The summed E-state index contributed by atoms with van der Waals surface area (Å²) < 4.78 is 53.5. The third-order valence-electron chi connectivity index (χ3n) is 6.14. The Morgan fingerprint density at radius 3 is 2.54 bits per heavy atom. The van der Waals surface area contributed by atoms with Crippen LogP contribution >= 0.6 is 0 Å². The van der Waals surface area contributed by atoms with Gasteiger partial charge >= 0.3 is 6.36 Å². The number of likely N-dealkylation sites (tertiary alicyclic amines) is 1. The fourth-order valence-corrected chi connectivity index (χ4v) is 4.46. The second-order valence-electron chi connectivity index (χ2n) is 8.43. The molecule has 10 heteroatoms. The average molecular weight is 509 g/mol. The number of rotatable bonds is 6. The van der Waals surface area contributed by atoms with E-state index < -0.39 is 18.2 Å². The van der Waals surface area contributed by atoms with Crippen LogP contribution in [0.15, 0.2) is 77.3 Å². The highest BCUT2D eigenvalue weighted by atomic mass is 19.4. The molecule has 0 bridgehead atoms. The molecule has 0 radical (unpaired) electrons. The first-order valence-electron chi connectivity index (χ1n) is 11.6. The van der Waals surface area contributed by atoms with Crippen molar-refractivity contribution < 1.29 is 32.0 Å². The zero-order chi connectivity index (χ0) is 26.0. The van der Waals surface area contributed by atoms with Crippen molar-refractivity contribution >= 4 is 5.91 Å². The van der Waals surface area contributed by atoms with Crippen molar-refractivity contribution in [1.29, 1.82) is 0 Å². The molecular formula is C27H22F3N3O4. The van der Waals surface area contributed by atoms with E-state index in [-0.39, 0.29) is 23.2 Å². The largest absolute Gasteiger partial charge is 0.573 e. The fourth-order valence-electron chi connectivity index (χ4n) is 4.46. The quantitative estimate of drug-likeness (QED) is 0.304. The van der Waals surface area contributed by atoms with Crippen LogP contribution in [0, 0.1) is 0 Å². The van der Waals surface area contributed by atoms with Gasteiger partial charge < -0.3 is 18.9 Å². The number of hydrogen-bond donors (Lipinski definition) is 0. The Hall–Kier alpha value is -4.34. The lowest BCUT2D eigenvalue weighted by atomic mass is 9.98. The Morgan fingerprint density at radius 2 is 1.78 bits per heavy atom. The summed E-state index contributed by atoms with van der Waals surface area (Å²) in [6.45, 7) is 0.459. The molecule has 1 unspecified atom stereocenters. The molecule has 5 rings (SSSR count). The lowest BCUT2D eigenvalue weighted by Crippen LogP contribution is -2.31. The lowest BCUT2D eigenvalue weighted by Gasteiger charge is -2.23. The molecule has 37 heavy (non-hydrogen) atoms. The van der Waals surface area contributed by atoms with Gasteiger partial charge in [0.15, 0.2) is 0 Å². The van der Waals surface area contributed by atoms with Crippen LogP contribution in [0.2, 0.25) is 0 Å². The van der Waals surface area contributed by atoms with E-state index in [1.54, 1.807) is 23.1 Å². The normalized spacial score (nSPS) is 15.6. The van der Waals surface area contributed by atoms with Crippen LogP contribution in [0.1, 0.15) is 35.1 Å². The first-order valence-corrected chi connectivity index (χ1v) is 11.6. The highest BCUT2D eigenvalue weighted by Crippen LogP contribution is 2.38. The molecule has 1 aliphatic rings. The summed E-state index contributed by atoms with van der Waals surface area (Å²) >= 11 is 0. The molecule has 1 aliphatic heterocycles. The smallest absolute Gasteiger partial charge is 0.497 e. The van der Waals surface area contributed by atoms with Gasteiger partial charge in [0.1, 0.15) is 17.5 Å². The number of aromatic nitrogens is 2. The Kier molecular flexibility index (Phi) is 6.56. The van der Waals surface area contributed by atoms with Crippen molar-refractivity contribution in [1.82, 2.24) is 15.0 Å². The number of alkyl halides is 3. The van der Waals surface area contributed by atoms with Gasteiger partial charge in [-0.25, -0.2) is 0 Å². The topological polar surface area (TPSA) is 77.7 Å². The number of halogens is 3. The number of hydrogen-bond acceptors (Lipinski definition) is 6. The van der Waals surface area contributed by atoms with E-state index in [2.05, 4.69) is 14.9 Å². The summed E-state index contributed by atoms with van der Waals surface area (Å²) in [5.74, 6) is -0.0427. The Morgan fingerprint density at radius 1 is 1.03 bits per heavy atom. The minimum absolute atomic E-state index is 0.0323. The zero-order valence-electron chi connectivity index (χ0n) is 19.7. The number of carbonyl (C=O) groups is 1. The van der Waals surface area contributed by atoms with Crippen LogP contribution in [-0.4, -0.2) is 41.0 Å². The summed E-state index contributed by atoms with van der Waals surface area (Å²) in [5.41, 5.74) is 2.12. The fraction of sp³-hybridized carbons (Fsp3) is 0.222. The molecule has 0 aliphatic carbocycles. The highest BCUT2D eigenvalue weighted by Gasteiger charge is 2.37. The van der Waals surface area contributed by atoms with Gasteiger partial charge in [-0.2, -0.15) is 4.98 Å². The maximum Gasteiger partial charge on any atom is 0.573 e. The van der Waals surface area contributed by atoms with Crippen molar-refractivity contribution in [2.45, 2.75) is 25.2 Å². The average Bonchev–Trinajstić information content (AvgIpc) is 3.58. The zero-order valence-corrected chi connectivity index (χ0v) is 19.7. The molecule has 0 saturated carbocycles. The minimum atomic E-state index is -4.87. The second kappa shape index (κ2) is 9.96. The molecule has 190 valence electrons. The number of ether oxygens (including phenoxy) is 2. The van der Waals surface area contributed by atoms with E-state index in [0.717, 1.165) is 11.1 Å². The summed E-state index contributed by atoms with van der Waals surface area (Å²) in [4.78, 5) is 19.8. The molecule has 1 atom stereocenters. The maximum atomic E-state index is 13.8. The number of benzene rings is 3. The van der Waals surface area contributed by atoms with Gasteiger partial charge in [-0.05, 0) is 54.3 Å². The van der Waals surface area contributed by atoms with Crippen molar-refractivity contribution in [3.8, 4) is 34.0 Å². The summed E-state index contributed by atoms with van der Waals surface area (Å²) in [6, 6.07) is 19.9. The lowest BCUT2D eigenvalue weighted by molar-refractivity contribution is -0.274. The second-order valence-corrected chi connectivity index (χ2v) is 8.43. The SMILES string of the molecule is COc1ccc(-c2ccccc2)c(C(=O)N2CCCC2c2nc(-c3ccccc3OC(F)(F)F)no2)c1. The van der Waals surface area contributed by atoms with E-state index in [1.165, 1.54) is 25.3 Å². The van der Waals surface area contributed by atoms with Gasteiger partial charge in [0.25, 0.3) is 5.91 Å². The molecule has 1 saturated heterocycles. The summed E-state index contributed by atoms with van der Waals surface area (Å²) in [5, 5.41) is 3.89. The van der Waals surface area contributed by atoms with E-state index in [0.29, 0.717) is 30.7 Å². The molecule has 3 aromatic carbocycles. The molecular weight excluding hydrogens is 487 g/mol. The molecule has 2 heterocycles. The molecule has 7 nitrogen and oxygen atoms in total. The molecule has 4 aromatic rings. The van der Waals surface area contributed by atoms with E-state index >= 15 is 0 Å². The number of amides is 1. The standard InChI is InChI=1S/C27H22F3N3O4/c1-35-18-13-14-19(17-8-3-2-4-9-17)21(16-18)26(34)33-15-7-11-22(33)25-31-24(32-37-25)20-10-5-6-12-23(20)36-27(28,29)30/h2-6,8-10,12-14,16,22H,7,11,15H2,1H3. The summed E-state index contributed by atoms with van der Waals surface area (Å²) in [7, 11) is 1.53. The van der Waals surface area contributed by atoms with E-state index in [4.69, 9.17) is 9.26 Å². The predicted molar refractivity (Wildman–Crippen MR) is 128 cm³/mol. The number of methoxy groups -OCH3 is 1. The summed E-state index contributed by atoms with van der Waals surface area (Å²) in [6.07, 6.45) is -3.60. The highest BCUT2D eigenvalue weighted by molar-refractivity contribution is 6.01. The first kappa shape index (κ1) is 24.4. The molecule has 0 N–H and O–H groups in total. The number of para-hydroxylation sites is 1. The van der Waals surface area contributed by atoms with Gasteiger partial charge in [-0.1, -0.05) is 47.6 Å². The van der Waals surface area contributed by atoms with Crippen LogP contribution in [0.4, 0.5) is 13.2 Å². The van der Waals surface area contributed by atoms with Gasteiger partial charge in [-0.15, -0.1) is 13.2 Å². The van der Waals surface area contributed by atoms with Gasteiger partial charge in [-0.3, -0.25) is 4.79 Å². The molecule has 1 amide bonds. The van der Waals surface area contributed by atoms with Gasteiger partial charge in [0, 0.05) is 6.54 Å². The van der Waals surface area contributed by atoms with Crippen molar-refractivity contribution in [3.05, 3.63) is 84.3 Å². The van der Waals surface area contributed by atoms with Crippen LogP contribution in [0.5, 0.6) is 11.5 Å². The maximum absolute atomic E-state index is 13.8. The van der Waals surface area contributed by atoms with E-state index in [1.807, 2.05) is 36.4 Å². The van der Waals surface area contributed by atoms with Crippen molar-refractivity contribution in [3.63, 3.8) is 0 Å². The van der Waals surface area contributed by atoms with E-state index in [9.17, 15) is 18.0 Å². The predicted octanol–water partition coefficient (Wildman–Crippen LogP) is 6.29. The first-order chi connectivity index (χ1) is 17.8.